The molecule has 8 heteroatoms. The molecule has 0 heterocycles. The molecule has 0 aliphatic carbocycles. The van der Waals surface area contributed by atoms with Gasteiger partial charge in [0.25, 0.3) is 0 Å². The summed E-state index contributed by atoms with van der Waals surface area (Å²) >= 11 is 0. The Labute approximate surface area is 127 Å². The summed E-state index contributed by atoms with van der Waals surface area (Å²) in [6.45, 7) is 5.89. The standard InChI is InChI=1S/C13H27NO6Si/c1-3-7-19-21(20-8-4-2)9-5-6-14-11(13(17)18)10-12(15)16/h11,14,21H,3-10H2,1-2H3,(H,15,16)(H,17,18)/t11-/m0/s1. The van der Waals surface area contributed by atoms with Crippen molar-refractivity contribution >= 4 is 21.2 Å². The van der Waals surface area contributed by atoms with Crippen molar-refractivity contribution in [3.05, 3.63) is 0 Å². The van der Waals surface area contributed by atoms with E-state index in [1.807, 2.05) is 13.8 Å². The van der Waals surface area contributed by atoms with Crippen LogP contribution in [0.1, 0.15) is 39.5 Å². The first-order valence-electron chi connectivity index (χ1n) is 7.42. The molecule has 0 bridgehead atoms. The minimum Gasteiger partial charge on any atom is -0.481 e. The summed E-state index contributed by atoms with van der Waals surface area (Å²) in [7, 11) is -1.69. The van der Waals surface area contributed by atoms with Crippen LogP contribution in [0.25, 0.3) is 0 Å². The molecule has 0 amide bonds. The maximum Gasteiger partial charge on any atom is 0.321 e. The molecule has 0 aromatic heterocycles. The van der Waals surface area contributed by atoms with Crippen LogP contribution in [0.3, 0.4) is 0 Å². The second kappa shape index (κ2) is 12.8. The van der Waals surface area contributed by atoms with E-state index in [-0.39, 0.29) is 0 Å². The summed E-state index contributed by atoms with van der Waals surface area (Å²) in [4.78, 5) is 21.4. The van der Waals surface area contributed by atoms with Crippen molar-refractivity contribution in [1.29, 1.82) is 0 Å². The zero-order chi connectivity index (χ0) is 16.1. The highest BCUT2D eigenvalue weighted by atomic mass is 28.3. The van der Waals surface area contributed by atoms with Crippen molar-refractivity contribution < 1.29 is 28.7 Å². The molecule has 0 unspecified atom stereocenters. The molecule has 0 aromatic rings. The van der Waals surface area contributed by atoms with E-state index in [0.29, 0.717) is 26.2 Å². The zero-order valence-electron chi connectivity index (χ0n) is 12.8. The fraction of sp³-hybridized carbons (Fsp3) is 0.846. The summed E-state index contributed by atoms with van der Waals surface area (Å²) in [5.41, 5.74) is 0. The highest BCUT2D eigenvalue weighted by Crippen LogP contribution is 2.04. The maximum atomic E-state index is 10.9. The smallest absolute Gasteiger partial charge is 0.321 e. The Kier molecular flexibility index (Phi) is 12.2. The number of aliphatic carboxylic acids is 2. The summed E-state index contributed by atoms with van der Waals surface area (Å²) in [5, 5.41) is 20.3. The van der Waals surface area contributed by atoms with Crippen molar-refractivity contribution in [3.63, 3.8) is 0 Å². The largest absolute Gasteiger partial charge is 0.481 e. The maximum absolute atomic E-state index is 10.9. The second-order valence-corrected chi connectivity index (χ2v) is 6.86. The van der Waals surface area contributed by atoms with Gasteiger partial charge in [0.05, 0.1) is 6.42 Å². The quantitative estimate of drug-likeness (QED) is 0.323. The molecule has 0 saturated carbocycles. The number of carbonyl (C=O) groups is 2. The fourth-order valence-electron chi connectivity index (χ4n) is 1.68. The van der Waals surface area contributed by atoms with Crippen LogP contribution >= 0.6 is 0 Å². The summed E-state index contributed by atoms with van der Waals surface area (Å²) in [5.74, 6) is -2.27. The third kappa shape index (κ3) is 11.4. The Bertz CT molecular complexity index is 294. The van der Waals surface area contributed by atoms with E-state index in [1.165, 1.54) is 0 Å². The van der Waals surface area contributed by atoms with E-state index in [4.69, 9.17) is 19.1 Å². The second-order valence-electron chi connectivity index (χ2n) is 4.76. The van der Waals surface area contributed by atoms with Gasteiger partial charge in [-0.05, 0) is 31.9 Å². The number of hydrogen-bond donors (Lipinski definition) is 3. The first kappa shape index (κ1) is 20.0. The predicted octanol–water partition coefficient (Wildman–Crippen LogP) is 0.968. The van der Waals surface area contributed by atoms with E-state index in [0.717, 1.165) is 18.9 Å². The molecule has 0 aliphatic rings. The molecule has 124 valence electrons. The van der Waals surface area contributed by atoms with Crippen LogP contribution in [-0.2, 0) is 18.4 Å². The molecule has 1 atom stereocenters. The Morgan fingerprint density at radius 3 is 2.14 bits per heavy atom. The Hall–Kier alpha value is -0.963. The molecular weight excluding hydrogens is 294 g/mol. The van der Waals surface area contributed by atoms with Gasteiger partial charge in [-0.2, -0.15) is 0 Å². The van der Waals surface area contributed by atoms with Crippen molar-refractivity contribution in [2.45, 2.75) is 51.6 Å². The van der Waals surface area contributed by atoms with Gasteiger partial charge in [0.15, 0.2) is 0 Å². The minimum absolute atomic E-state index is 0.422. The molecule has 21 heavy (non-hydrogen) atoms. The summed E-state index contributed by atoms with van der Waals surface area (Å²) in [6.07, 6.45) is 2.18. The predicted molar refractivity (Wildman–Crippen MR) is 80.7 cm³/mol. The van der Waals surface area contributed by atoms with Crippen LogP contribution < -0.4 is 5.32 Å². The van der Waals surface area contributed by atoms with Gasteiger partial charge < -0.3 is 24.4 Å². The van der Waals surface area contributed by atoms with Crippen LogP contribution in [0.5, 0.6) is 0 Å². The van der Waals surface area contributed by atoms with Crippen LogP contribution in [0.4, 0.5) is 0 Å². The average molecular weight is 321 g/mol. The minimum atomic E-state index is -1.69. The third-order valence-electron chi connectivity index (χ3n) is 2.70. The van der Waals surface area contributed by atoms with Crippen molar-refractivity contribution in [2.24, 2.45) is 0 Å². The molecule has 0 spiro atoms. The van der Waals surface area contributed by atoms with Crippen molar-refractivity contribution in [2.75, 3.05) is 19.8 Å². The Morgan fingerprint density at radius 2 is 1.71 bits per heavy atom. The molecule has 0 aromatic carbocycles. The van der Waals surface area contributed by atoms with Crippen LogP contribution in [0, 0.1) is 0 Å². The highest BCUT2D eigenvalue weighted by Gasteiger charge is 2.20. The molecule has 7 nitrogen and oxygen atoms in total. The van der Waals surface area contributed by atoms with Crippen LogP contribution in [0.2, 0.25) is 6.04 Å². The fourth-order valence-corrected chi connectivity index (χ4v) is 3.64. The van der Waals surface area contributed by atoms with Gasteiger partial charge in [0.1, 0.15) is 6.04 Å². The highest BCUT2D eigenvalue weighted by molar-refractivity contribution is 6.44. The van der Waals surface area contributed by atoms with Crippen molar-refractivity contribution in [3.8, 4) is 0 Å². The number of nitrogens with one attached hydrogen (secondary N) is 1. The van der Waals surface area contributed by atoms with E-state index in [9.17, 15) is 9.59 Å². The lowest BCUT2D eigenvalue weighted by atomic mass is 10.2. The molecule has 3 N–H and O–H groups in total. The lowest BCUT2D eigenvalue weighted by Crippen LogP contribution is -2.39. The van der Waals surface area contributed by atoms with E-state index >= 15 is 0 Å². The third-order valence-corrected chi connectivity index (χ3v) is 4.79. The van der Waals surface area contributed by atoms with Gasteiger partial charge in [-0.25, -0.2) is 0 Å². The molecule has 0 rings (SSSR count). The topological polar surface area (TPSA) is 105 Å². The number of hydrogen-bond acceptors (Lipinski definition) is 5. The lowest BCUT2D eigenvalue weighted by Gasteiger charge is -2.17. The summed E-state index contributed by atoms with van der Waals surface area (Å²) < 4.78 is 11.4. The average Bonchev–Trinajstić information content (AvgIpc) is 2.43. The van der Waals surface area contributed by atoms with Crippen molar-refractivity contribution in [1.82, 2.24) is 5.32 Å². The zero-order valence-corrected chi connectivity index (χ0v) is 14.0. The van der Waals surface area contributed by atoms with Gasteiger partial charge >= 0.3 is 21.2 Å². The monoisotopic (exact) mass is 321 g/mol. The first-order chi connectivity index (χ1) is 10.0. The van der Waals surface area contributed by atoms with E-state index in [1.54, 1.807) is 0 Å². The van der Waals surface area contributed by atoms with Gasteiger partial charge in [0, 0.05) is 13.2 Å². The Morgan fingerprint density at radius 1 is 1.14 bits per heavy atom. The van der Waals surface area contributed by atoms with Gasteiger partial charge in [-0.3, -0.25) is 9.59 Å². The number of carboxylic acid groups (broad SMARTS) is 2. The van der Waals surface area contributed by atoms with E-state index in [2.05, 4.69) is 5.32 Å². The molecule has 0 radical (unpaired) electrons. The first-order valence-corrected chi connectivity index (χ1v) is 9.18. The molecule has 0 aliphatic heterocycles. The molecular formula is C13H27NO6Si. The normalized spacial score (nSPS) is 12.5. The lowest BCUT2D eigenvalue weighted by molar-refractivity contribution is -0.145. The van der Waals surface area contributed by atoms with Gasteiger partial charge in [-0.1, -0.05) is 13.8 Å². The SMILES string of the molecule is CCCO[SiH](CCCN[C@@H](CC(=O)O)C(=O)O)OCCC. The number of rotatable bonds is 14. The van der Waals surface area contributed by atoms with Crippen LogP contribution in [-0.4, -0.2) is 57.2 Å². The summed E-state index contributed by atoms with van der Waals surface area (Å²) in [6, 6.07) is -0.261. The van der Waals surface area contributed by atoms with Gasteiger partial charge in [0.2, 0.25) is 0 Å². The number of carboxylic acids is 2. The van der Waals surface area contributed by atoms with Crippen LogP contribution in [0.15, 0.2) is 0 Å². The molecule has 0 saturated heterocycles. The molecule has 0 fully saturated rings. The van der Waals surface area contributed by atoms with E-state index < -0.39 is 33.7 Å². The van der Waals surface area contributed by atoms with Gasteiger partial charge in [-0.15, -0.1) is 0 Å². The Balaban J connectivity index is 3.99.